The minimum atomic E-state index is 0.288. The van der Waals surface area contributed by atoms with Gasteiger partial charge in [-0.25, -0.2) is 0 Å². The Hall–Kier alpha value is -2.79. The Labute approximate surface area is 130 Å². The van der Waals surface area contributed by atoms with E-state index in [0.29, 0.717) is 11.5 Å². The first-order chi connectivity index (χ1) is 10.8. The maximum absolute atomic E-state index is 9.26. The van der Waals surface area contributed by atoms with Crippen molar-refractivity contribution in [2.75, 3.05) is 4.90 Å². The van der Waals surface area contributed by atoms with Crippen LogP contribution < -0.4 is 4.90 Å². The second kappa shape index (κ2) is 4.89. The molecule has 106 valence electrons. The first kappa shape index (κ1) is 12.9. The summed E-state index contributed by atoms with van der Waals surface area (Å²) in [5, 5.41) is 9.26. The van der Waals surface area contributed by atoms with Crippen LogP contribution in [0.1, 0.15) is 22.6 Å². The van der Waals surface area contributed by atoms with E-state index in [0.717, 1.165) is 11.3 Å². The number of aryl methyl sites for hydroxylation is 1. The summed E-state index contributed by atoms with van der Waals surface area (Å²) in [6.07, 6.45) is 8.75. The molecule has 22 heavy (non-hydrogen) atoms. The Balaban J connectivity index is 1.91. The van der Waals surface area contributed by atoms with Gasteiger partial charge in [-0.1, -0.05) is 42.5 Å². The van der Waals surface area contributed by atoms with Gasteiger partial charge in [0.15, 0.2) is 0 Å². The zero-order valence-corrected chi connectivity index (χ0v) is 12.4. The minimum Gasteiger partial charge on any atom is -0.333 e. The second-order valence-corrected chi connectivity index (χ2v) is 5.88. The molecule has 2 aliphatic rings. The Morgan fingerprint density at radius 2 is 1.86 bits per heavy atom. The highest BCUT2D eigenvalue weighted by Gasteiger charge is 2.36. The first-order valence-corrected chi connectivity index (χ1v) is 7.53. The average Bonchev–Trinajstić information content (AvgIpc) is 2.89. The highest BCUT2D eigenvalue weighted by atomic mass is 15.2. The first-order valence-electron chi connectivity index (χ1n) is 7.53. The van der Waals surface area contributed by atoms with Gasteiger partial charge >= 0.3 is 0 Å². The second-order valence-electron chi connectivity index (χ2n) is 5.88. The molecule has 4 rings (SSSR count). The molecule has 0 saturated heterocycles. The molecule has 2 heteroatoms. The lowest BCUT2D eigenvalue weighted by Crippen LogP contribution is -2.28. The van der Waals surface area contributed by atoms with E-state index in [1.54, 1.807) is 0 Å². The average molecular weight is 284 g/mol. The molecule has 0 spiro atoms. The number of fused-ring (bicyclic) bond motifs is 3. The van der Waals surface area contributed by atoms with Crippen LogP contribution in [-0.2, 0) is 0 Å². The number of para-hydroxylation sites is 1. The Morgan fingerprint density at radius 3 is 2.73 bits per heavy atom. The molecule has 0 N–H and O–H groups in total. The number of hydrogen-bond acceptors (Lipinski definition) is 2. The van der Waals surface area contributed by atoms with Gasteiger partial charge < -0.3 is 4.90 Å². The highest BCUT2D eigenvalue weighted by molar-refractivity contribution is 5.76. The maximum Gasteiger partial charge on any atom is 0.0992 e. The Kier molecular flexibility index (Phi) is 2.87. The number of nitriles is 1. The van der Waals surface area contributed by atoms with E-state index in [-0.39, 0.29) is 6.04 Å². The fourth-order valence-corrected chi connectivity index (χ4v) is 3.56. The van der Waals surface area contributed by atoms with Crippen LogP contribution in [-0.4, -0.2) is 6.04 Å². The molecule has 2 aromatic rings. The molecule has 0 radical (unpaired) electrons. The van der Waals surface area contributed by atoms with Crippen LogP contribution in [0.25, 0.3) is 0 Å². The van der Waals surface area contributed by atoms with Crippen molar-refractivity contribution in [3.05, 3.63) is 83.5 Å². The van der Waals surface area contributed by atoms with Crippen LogP contribution in [0.5, 0.6) is 0 Å². The van der Waals surface area contributed by atoms with Gasteiger partial charge in [-0.3, -0.25) is 0 Å². The summed E-state index contributed by atoms with van der Waals surface area (Å²) in [4.78, 5) is 2.36. The van der Waals surface area contributed by atoms with Crippen molar-refractivity contribution >= 4 is 11.4 Å². The van der Waals surface area contributed by atoms with Gasteiger partial charge in [-0.05, 0) is 42.3 Å². The molecule has 1 heterocycles. The van der Waals surface area contributed by atoms with Crippen molar-refractivity contribution < 1.29 is 0 Å². The van der Waals surface area contributed by atoms with Crippen molar-refractivity contribution in [1.82, 2.24) is 0 Å². The number of nitrogens with zero attached hydrogens (tertiary/aromatic N) is 2. The van der Waals surface area contributed by atoms with Gasteiger partial charge in [0.05, 0.1) is 17.7 Å². The van der Waals surface area contributed by atoms with E-state index >= 15 is 0 Å². The van der Waals surface area contributed by atoms with Crippen molar-refractivity contribution in [3.63, 3.8) is 0 Å². The molecule has 0 aromatic heterocycles. The molecule has 2 unspecified atom stereocenters. The van der Waals surface area contributed by atoms with Crippen LogP contribution in [0.2, 0.25) is 0 Å². The predicted molar refractivity (Wildman–Crippen MR) is 89.3 cm³/mol. The van der Waals surface area contributed by atoms with E-state index in [9.17, 15) is 5.26 Å². The molecular formula is C20H16N2. The molecule has 2 aromatic carbocycles. The molecule has 1 aliphatic heterocycles. The fourth-order valence-electron chi connectivity index (χ4n) is 3.56. The van der Waals surface area contributed by atoms with Crippen molar-refractivity contribution in [1.29, 1.82) is 5.26 Å². The number of allylic oxidation sites excluding steroid dienone is 2. The molecule has 0 fully saturated rings. The van der Waals surface area contributed by atoms with Crippen LogP contribution >= 0.6 is 0 Å². The summed E-state index contributed by atoms with van der Waals surface area (Å²) < 4.78 is 0. The van der Waals surface area contributed by atoms with E-state index in [1.165, 1.54) is 11.3 Å². The molecule has 0 amide bonds. The highest BCUT2D eigenvalue weighted by Crippen LogP contribution is 2.47. The summed E-state index contributed by atoms with van der Waals surface area (Å²) in [6.45, 7) is 2.04. The van der Waals surface area contributed by atoms with Gasteiger partial charge in [-0.2, -0.15) is 5.26 Å². The molecule has 1 aliphatic carbocycles. The molecule has 0 bridgehead atoms. The smallest absolute Gasteiger partial charge is 0.0992 e. The third-order valence-electron chi connectivity index (χ3n) is 4.43. The largest absolute Gasteiger partial charge is 0.333 e. The number of hydrogen-bond donors (Lipinski definition) is 0. The lowest BCUT2D eigenvalue weighted by molar-refractivity contribution is 0.744. The summed E-state index contributed by atoms with van der Waals surface area (Å²) in [7, 11) is 0. The SMILES string of the molecule is Cc1cc(C#N)cc(N2c3ccccc3C3C=CC=CC32)c1. The third-order valence-corrected chi connectivity index (χ3v) is 4.43. The van der Waals surface area contributed by atoms with Gasteiger partial charge in [0.25, 0.3) is 0 Å². The Bertz CT molecular complexity index is 839. The van der Waals surface area contributed by atoms with Crippen LogP contribution in [0.3, 0.4) is 0 Å². The normalized spacial score (nSPS) is 21.4. The number of benzene rings is 2. The van der Waals surface area contributed by atoms with Crippen LogP contribution in [0, 0.1) is 18.3 Å². The van der Waals surface area contributed by atoms with E-state index in [2.05, 4.69) is 65.6 Å². The fraction of sp³-hybridized carbons (Fsp3) is 0.150. The lowest BCUT2D eigenvalue weighted by Gasteiger charge is -2.29. The summed E-state index contributed by atoms with van der Waals surface area (Å²) in [5.41, 5.74) is 5.52. The van der Waals surface area contributed by atoms with Gasteiger partial charge in [0.2, 0.25) is 0 Å². The van der Waals surface area contributed by atoms with Crippen molar-refractivity contribution in [2.24, 2.45) is 0 Å². The van der Waals surface area contributed by atoms with Crippen molar-refractivity contribution in [3.8, 4) is 6.07 Å². The standard InChI is InChI=1S/C20H16N2/c1-14-10-15(13-21)12-16(11-14)22-19-8-4-2-6-17(19)18-7-3-5-9-20(18)22/h2-12,17,19H,1H3. The van der Waals surface area contributed by atoms with E-state index < -0.39 is 0 Å². The molecule has 2 atom stereocenters. The third kappa shape index (κ3) is 1.87. The van der Waals surface area contributed by atoms with Crippen molar-refractivity contribution in [2.45, 2.75) is 18.9 Å². The monoisotopic (exact) mass is 284 g/mol. The summed E-state index contributed by atoms with van der Waals surface area (Å²) >= 11 is 0. The topological polar surface area (TPSA) is 27.0 Å². The van der Waals surface area contributed by atoms with Gasteiger partial charge in [-0.15, -0.1) is 0 Å². The van der Waals surface area contributed by atoms with Gasteiger partial charge in [0, 0.05) is 17.3 Å². The quantitative estimate of drug-likeness (QED) is 0.765. The van der Waals surface area contributed by atoms with E-state index in [4.69, 9.17) is 0 Å². The maximum atomic E-state index is 9.26. The zero-order valence-electron chi connectivity index (χ0n) is 12.4. The lowest BCUT2D eigenvalue weighted by atomic mass is 9.91. The number of rotatable bonds is 1. The summed E-state index contributed by atoms with van der Waals surface area (Å²) in [5.74, 6) is 0.382. The summed E-state index contributed by atoms with van der Waals surface area (Å²) in [6, 6.07) is 17.2. The molecule has 2 nitrogen and oxygen atoms in total. The Morgan fingerprint density at radius 1 is 1.05 bits per heavy atom. The van der Waals surface area contributed by atoms with Crippen LogP contribution in [0.4, 0.5) is 11.4 Å². The van der Waals surface area contributed by atoms with Crippen LogP contribution in [0.15, 0.2) is 66.8 Å². The minimum absolute atomic E-state index is 0.288. The van der Waals surface area contributed by atoms with E-state index in [1.807, 2.05) is 19.1 Å². The number of anilines is 2. The molecule has 0 saturated carbocycles. The predicted octanol–water partition coefficient (Wildman–Crippen LogP) is 4.60. The van der Waals surface area contributed by atoms with Gasteiger partial charge in [0.1, 0.15) is 0 Å². The zero-order chi connectivity index (χ0) is 15.1. The molecular weight excluding hydrogens is 268 g/mol.